The lowest BCUT2D eigenvalue weighted by molar-refractivity contribution is 0.129. The molecule has 1 saturated heterocycles. The van der Waals surface area contributed by atoms with Gasteiger partial charge in [0.05, 0.1) is 19.7 Å². The van der Waals surface area contributed by atoms with Gasteiger partial charge in [0, 0.05) is 47.6 Å². The van der Waals surface area contributed by atoms with E-state index in [2.05, 4.69) is 5.32 Å². The zero-order valence-electron chi connectivity index (χ0n) is 19.4. The summed E-state index contributed by atoms with van der Waals surface area (Å²) in [5.41, 5.74) is 2.24. The normalized spacial score (nSPS) is 16.0. The Balaban J connectivity index is 1.54. The zero-order valence-corrected chi connectivity index (χ0v) is 20.1. The predicted octanol–water partition coefficient (Wildman–Crippen LogP) is 4.42. The number of hydrogen-bond donors (Lipinski definition) is 2. The molecule has 5 rings (SSSR count). The third kappa shape index (κ3) is 4.49. The van der Waals surface area contributed by atoms with Gasteiger partial charge in [0.25, 0.3) is 0 Å². The second-order valence-corrected chi connectivity index (χ2v) is 8.84. The average molecular weight is 497 g/mol. The second-order valence-electron chi connectivity index (χ2n) is 8.40. The Morgan fingerprint density at radius 1 is 1.20 bits per heavy atom. The lowest BCUT2D eigenvalue weighted by Crippen LogP contribution is -2.38. The largest absolute Gasteiger partial charge is 0.497 e. The summed E-state index contributed by atoms with van der Waals surface area (Å²) < 4.78 is 12.5. The maximum Gasteiger partial charge on any atom is 0.407 e. The molecule has 4 aromatic rings. The van der Waals surface area contributed by atoms with Gasteiger partial charge in [0.1, 0.15) is 11.5 Å². The minimum absolute atomic E-state index is 0.0865. The van der Waals surface area contributed by atoms with Crippen LogP contribution in [0.4, 0.5) is 10.7 Å². The molecule has 1 aliphatic heterocycles. The number of rotatable bonds is 6. The Hall–Kier alpha value is -3.79. The zero-order chi connectivity index (χ0) is 24.5. The molecule has 1 fully saturated rings. The van der Waals surface area contributed by atoms with Crippen LogP contribution in [0.2, 0.25) is 5.02 Å². The number of ether oxygens (including phenoxy) is 2. The predicted molar refractivity (Wildman–Crippen MR) is 132 cm³/mol. The molecule has 0 radical (unpaired) electrons. The van der Waals surface area contributed by atoms with Gasteiger partial charge in [0.2, 0.25) is 5.95 Å². The molecule has 0 spiro atoms. The number of nitrogens with one attached hydrogen (secondary N) is 1. The molecule has 11 heteroatoms. The third-order valence-electron chi connectivity index (χ3n) is 6.24. The Morgan fingerprint density at radius 3 is 2.83 bits per heavy atom. The van der Waals surface area contributed by atoms with E-state index in [9.17, 15) is 9.90 Å². The number of hydrogen-bond acceptors (Lipinski definition) is 7. The monoisotopic (exact) mass is 496 g/mol. The van der Waals surface area contributed by atoms with Crippen LogP contribution in [0, 0.1) is 0 Å². The molecule has 10 nitrogen and oxygen atoms in total. The first-order valence-electron chi connectivity index (χ1n) is 11.3. The quantitative estimate of drug-likeness (QED) is 0.403. The lowest BCUT2D eigenvalue weighted by atomic mass is 9.98. The van der Waals surface area contributed by atoms with Gasteiger partial charge >= 0.3 is 6.09 Å². The highest BCUT2D eigenvalue weighted by Crippen LogP contribution is 2.30. The Kier molecular flexibility index (Phi) is 6.21. The summed E-state index contributed by atoms with van der Waals surface area (Å²) >= 11 is 6.24. The molecule has 1 aliphatic rings. The van der Waals surface area contributed by atoms with Crippen LogP contribution in [0.25, 0.3) is 16.6 Å². The Labute approximate surface area is 206 Å². The van der Waals surface area contributed by atoms with Crippen LogP contribution in [-0.2, 0) is 6.54 Å². The highest BCUT2D eigenvalue weighted by Gasteiger charge is 2.28. The van der Waals surface area contributed by atoms with Gasteiger partial charge in [-0.1, -0.05) is 11.6 Å². The summed E-state index contributed by atoms with van der Waals surface area (Å²) in [7, 11) is 3.22. The van der Waals surface area contributed by atoms with Crippen molar-refractivity contribution in [3.63, 3.8) is 0 Å². The van der Waals surface area contributed by atoms with Crippen molar-refractivity contribution in [1.29, 1.82) is 0 Å². The molecule has 35 heavy (non-hydrogen) atoms. The summed E-state index contributed by atoms with van der Waals surface area (Å²) in [6.45, 7) is 1.32. The van der Waals surface area contributed by atoms with Crippen LogP contribution in [0.5, 0.6) is 11.5 Å². The summed E-state index contributed by atoms with van der Waals surface area (Å²) in [6, 6.07) is 11.1. The van der Waals surface area contributed by atoms with Crippen LogP contribution in [0.1, 0.15) is 30.1 Å². The molecular weight excluding hydrogens is 472 g/mol. The molecule has 1 amide bonds. The minimum Gasteiger partial charge on any atom is -0.497 e. The first kappa shape index (κ1) is 23.0. The van der Waals surface area contributed by atoms with Gasteiger partial charge in [-0.2, -0.15) is 4.52 Å². The Morgan fingerprint density at radius 2 is 2.06 bits per heavy atom. The van der Waals surface area contributed by atoms with Crippen molar-refractivity contribution in [3.05, 3.63) is 52.8 Å². The molecule has 2 N–H and O–H groups in total. The summed E-state index contributed by atoms with van der Waals surface area (Å²) in [6.07, 6.45) is 0.670. The number of anilines is 1. The summed E-state index contributed by atoms with van der Waals surface area (Å²) in [4.78, 5) is 22.5. The van der Waals surface area contributed by atoms with Crippen LogP contribution < -0.4 is 14.8 Å². The van der Waals surface area contributed by atoms with Crippen molar-refractivity contribution in [3.8, 4) is 11.5 Å². The molecular formula is C24H25ClN6O4. The number of amides is 1. The van der Waals surface area contributed by atoms with E-state index >= 15 is 0 Å². The van der Waals surface area contributed by atoms with E-state index in [1.165, 1.54) is 4.90 Å². The van der Waals surface area contributed by atoms with Crippen LogP contribution in [0.15, 0.2) is 36.4 Å². The molecule has 3 heterocycles. The fraction of sp³-hybridized carbons (Fsp3) is 0.333. The maximum atomic E-state index is 11.5. The maximum absolute atomic E-state index is 11.5. The van der Waals surface area contributed by atoms with Gasteiger partial charge in [0.15, 0.2) is 11.5 Å². The van der Waals surface area contributed by atoms with Gasteiger partial charge in [-0.3, -0.25) is 0 Å². The third-order valence-corrected chi connectivity index (χ3v) is 6.47. The van der Waals surface area contributed by atoms with Gasteiger partial charge in [-0.05, 0) is 43.2 Å². The SMILES string of the molecule is COc1ccc(CNc2nc3cc(Cl)ccc3c3nc(C4CCCN(C(=O)O)C4)nn23)c(OC)c1. The molecule has 2 aromatic carbocycles. The number of methoxy groups -OCH3 is 2. The number of likely N-dealkylation sites (tertiary alicyclic amines) is 1. The standard InChI is InChI=1S/C24H25ClN6O4/c1-34-17-7-5-14(20(11-17)35-2)12-26-23-27-19-10-16(25)6-8-18(19)22-28-21(29-31(22)23)15-4-3-9-30(13-15)24(32)33/h5-8,10-11,15H,3-4,9,12-13H2,1-2H3,(H,26,27)(H,32,33). The number of nitrogens with zero attached hydrogens (tertiary/aromatic N) is 5. The molecule has 1 atom stereocenters. The van der Waals surface area contributed by atoms with E-state index in [0.717, 1.165) is 23.8 Å². The van der Waals surface area contributed by atoms with Crippen LogP contribution in [0.3, 0.4) is 0 Å². The van der Waals surface area contributed by atoms with Gasteiger partial charge < -0.3 is 24.8 Å². The number of aromatic nitrogens is 4. The van der Waals surface area contributed by atoms with E-state index in [4.69, 9.17) is 36.1 Å². The molecule has 2 aromatic heterocycles. The van der Waals surface area contributed by atoms with E-state index in [0.29, 0.717) is 59.1 Å². The molecule has 0 bridgehead atoms. The highest BCUT2D eigenvalue weighted by molar-refractivity contribution is 6.31. The van der Waals surface area contributed by atoms with E-state index in [1.54, 1.807) is 30.9 Å². The molecule has 182 valence electrons. The second kappa shape index (κ2) is 9.46. The van der Waals surface area contributed by atoms with Gasteiger partial charge in [-0.25, -0.2) is 14.8 Å². The fourth-order valence-electron chi connectivity index (χ4n) is 4.42. The number of piperidine rings is 1. The first-order valence-corrected chi connectivity index (χ1v) is 11.6. The highest BCUT2D eigenvalue weighted by atomic mass is 35.5. The summed E-state index contributed by atoms with van der Waals surface area (Å²) in [5.74, 6) is 2.40. The van der Waals surface area contributed by atoms with Crippen LogP contribution in [-0.4, -0.2) is 63.0 Å². The van der Waals surface area contributed by atoms with Crippen LogP contribution >= 0.6 is 11.6 Å². The topological polar surface area (TPSA) is 114 Å². The lowest BCUT2D eigenvalue weighted by Gasteiger charge is -2.28. The van der Waals surface area contributed by atoms with Crippen molar-refractivity contribution in [1.82, 2.24) is 24.5 Å². The molecule has 0 aliphatic carbocycles. The van der Waals surface area contributed by atoms with Crippen molar-refractivity contribution in [2.24, 2.45) is 0 Å². The van der Waals surface area contributed by atoms with Crippen molar-refractivity contribution in [2.45, 2.75) is 25.3 Å². The number of carbonyl (C=O) groups is 1. The fourth-order valence-corrected chi connectivity index (χ4v) is 4.59. The number of fused-ring (bicyclic) bond motifs is 3. The van der Waals surface area contributed by atoms with Gasteiger partial charge in [-0.15, -0.1) is 5.10 Å². The number of halogens is 1. The number of benzene rings is 2. The first-order chi connectivity index (χ1) is 17.0. The summed E-state index contributed by atoms with van der Waals surface area (Å²) in [5, 5.41) is 18.9. The van der Waals surface area contributed by atoms with Crippen molar-refractivity contribution >= 4 is 40.2 Å². The number of carboxylic acid groups (broad SMARTS) is 1. The minimum atomic E-state index is -0.920. The smallest absolute Gasteiger partial charge is 0.407 e. The molecule has 1 unspecified atom stereocenters. The van der Waals surface area contributed by atoms with Crippen molar-refractivity contribution < 1.29 is 19.4 Å². The van der Waals surface area contributed by atoms with E-state index < -0.39 is 6.09 Å². The molecule has 0 saturated carbocycles. The van der Waals surface area contributed by atoms with Crippen molar-refractivity contribution in [2.75, 3.05) is 32.6 Å². The van der Waals surface area contributed by atoms with E-state index in [1.807, 2.05) is 24.3 Å². The average Bonchev–Trinajstić information content (AvgIpc) is 3.33. The Bertz CT molecular complexity index is 1410. The van der Waals surface area contributed by atoms with E-state index in [-0.39, 0.29) is 5.92 Å².